The van der Waals surface area contributed by atoms with Crippen LogP contribution in [-0.4, -0.2) is 10.8 Å². The number of benzene rings is 2. The van der Waals surface area contributed by atoms with Crippen molar-refractivity contribution >= 4 is 34.3 Å². The summed E-state index contributed by atoms with van der Waals surface area (Å²) in [6, 6.07) is 14.9. The van der Waals surface area contributed by atoms with Crippen molar-refractivity contribution in [2.24, 2.45) is 4.99 Å². The highest BCUT2D eigenvalue weighted by Gasteiger charge is 2.14. The van der Waals surface area contributed by atoms with E-state index in [4.69, 9.17) is 4.99 Å². The smallest absolute Gasteiger partial charge is 0.123 e. The van der Waals surface area contributed by atoms with Crippen LogP contribution in [0.25, 0.3) is 0 Å². The molecule has 1 fully saturated rings. The van der Waals surface area contributed by atoms with Crippen LogP contribution in [0.15, 0.2) is 69.4 Å². The van der Waals surface area contributed by atoms with E-state index in [0.717, 1.165) is 27.8 Å². The predicted molar refractivity (Wildman–Crippen MR) is 100 cm³/mol. The minimum Gasteiger partial charge on any atom is -0.242 e. The lowest BCUT2D eigenvalue weighted by Crippen LogP contribution is -2.06. The third kappa shape index (κ3) is 4.72. The Balaban J connectivity index is 1.79. The summed E-state index contributed by atoms with van der Waals surface area (Å²) in [5.74, 6) is 0.917. The van der Waals surface area contributed by atoms with Gasteiger partial charge in [0.25, 0.3) is 0 Å². The molecule has 4 heteroatoms. The van der Waals surface area contributed by atoms with Crippen LogP contribution in [0.5, 0.6) is 0 Å². The molecule has 2 aromatic carbocycles. The van der Waals surface area contributed by atoms with Gasteiger partial charge in [0.15, 0.2) is 0 Å². The Morgan fingerprint density at radius 3 is 2.57 bits per heavy atom. The van der Waals surface area contributed by atoms with Gasteiger partial charge in [0.05, 0.1) is 5.69 Å². The number of hydrogen-bond acceptors (Lipinski definition) is 3. The molecule has 0 radical (unpaired) electrons. The SMILES string of the molecule is Cc1ccc(/N=C2\SCCC\C2=C/Sc2ccc(F)cc2)cc1. The molecular formula is C19H18FNS2. The molecule has 3 rings (SSSR count). The van der Waals surface area contributed by atoms with Crippen molar-refractivity contribution in [3.63, 3.8) is 0 Å². The Morgan fingerprint density at radius 2 is 1.83 bits per heavy atom. The first-order valence-electron chi connectivity index (χ1n) is 7.60. The maximum absolute atomic E-state index is 13.0. The molecule has 0 atom stereocenters. The van der Waals surface area contributed by atoms with Gasteiger partial charge in [-0.3, -0.25) is 0 Å². The molecule has 0 amide bonds. The van der Waals surface area contributed by atoms with E-state index in [0.29, 0.717) is 0 Å². The third-order valence-corrected chi connectivity index (χ3v) is 5.59. The van der Waals surface area contributed by atoms with Crippen molar-refractivity contribution in [2.45, 2.75) is 24.7 Å². The molecule has 0 bridgehead atoms. The molecule has 1 aliphatic rings. The van der Waals surface area contributed by atoms with E-state index in [9.17, 15) is 4.39 Å². The van der Waals surface area contributed by atoms with Gasteiger partial charge in [-0.2, -0.15) is 0 Å². The van der Waals surface area contributed by atoms with Crippen molar-refractivity contribution in [3.05, 3.63) is 70.9 Å². The van der Waals surface area contributed by atoms with E-state index in [1.54, 1.807) is 11.8 Å². The van der Waals surface area contributed by atoms with E-state index in [1.165, 1.54) is 29.7 Å². The first-order valence-corrected chi connectivity index (χ1v) is 9.47. The van der Waals surface area contributed by atoms with Crippen molar-refractivity contribution < 1.29 is 4.39 Å². The van der Waals surface area contributed by atoms with E-state index >= 15 is 0 Å². The van der Waals surface area contributed by atoms with Gasteiger partial charge in [0.2, 0.25) is 0 Å². The number of nitrogens with zero attached hydrogens (tertiary/aromatic N) is 1. The van der Waals surface area contributed by atoms with Crippen molar-refractivity contribution in [1.82, 2.24) is 0 Å². The molecule has 1 saturated heterocycles. The van der Waals surface area contributed by atoms with Crippen LogP contribution in [0.3, 0.4) is 0 Å². The summed E-state index contributed by atoms with van der Waals surface area (Å²) >= 11 is 3.45. The van der Waals surface area contributed by atoms with Gasteiger partial charge in [0, 0.05) is 4.90 Å². The Bertz CT molecular complexity index is 718. The second kappa shape index (κ2) is 7.84. The number of thioether (sulfide) groups is 2. The van der Waals surface area contributed by atoms with E-state index in [2.05, 4.69) is 36.6 Å². The fourth-order valence-corrected chi connectivity index (χ4v) is 4.11. The molecule has 0 aliphatic carbocycles. The highest BCUT2D eigenvalue weighted by atomic mass is 32.2. The van der Waals surface area contributed by atoms with Crippen LogP contribution < -0.4 is 0 Å². The third-order valence-electron chi connectivity index (χ3n) is 3.52. The van der Waals surface area contributed by atoms with Crippen LogP contribution in [-0.2, 0) is 0 Å². The zero-order valence-corrected chi connectivity index (χ0v) is 14.6. The van der Waals surface area contributed by atoms with Crippen LogP contribution in [0.1, 0.15) is 18.4 Å². The quantitative estimate of drug-likeness (QED) is 0.601. The Kier molecular flexibility index (Phi) is 5.57. The zero-order valence-electron chi connectivity index (χ0n) is 13.0. The predicted octanol–water partition coefficient (Wildman–Crippen LogP) is 6.37. The normalized spacial score (nSPS) is 18.5. The molecule has 1 aliphatic heterocycles. The molecule has 0 spiro atoms. The summed E-state index contributed by atoms with van der Waals surface area (Å²) in [6.07, 6.45) is 2.22. The van der Waals surface area contributed by atoms with Crippen LogP contribution >= 0.6 is 23.5 Å². The molecular weight excluding hydrogens is 325 g/mol. The zero-order chi connectivity index (χ0) is 16.1. The van der Waals surface area contributed by atoms with Crippen LogP contribution in [0, 0.1) is 12.7 Å². The lowest BCUT2D eigenvalue weighted by molar-refractivity contribution is 0.626. The molecule has 23 heavy (non-hydrogen) atoms. The van der Waals surface area contributed by atoms with Gasteiger partial charge < -0.3 is 0 Å². The Hall–Kier alpha value is -1.52. The number of rotatable bonds is 3. The summed E-state index contributed by atoms with van der Waals surface area (Å²) in [5.41, 5.74) is 3.52. The number of halogens is 1. The standard InChI is InChI=1S/C19H18FNS2/c1-14-4-8-17(9-5-14)21-19-15(3-2-12-22-19)13-23-18-10-6-16(20)7-11-18/h4-11,13H,2-3,12H2,1H3/b15-13+,21-19-. The molecule has 2 aromatic rings. The Labute approximate surface area is 145 Å². The van der Waals surface area contributed by atoms with E-state index < -0.39 is 0 Å². The number of hydrogen-bond donors (Lipinski definition) is 0. The summed E-state index contributed by atoms with van der Waals surface area (Å²) < 4.78 is 13.0. The summed E-state index contributed by atoms with van der Waals surface area (Å²) in [6.45, 7) is 2.08. The highest BCUT2D eigenvalue weighted by molar-refractivity contribution is 8.14. The van der Waals surface area contributed by atoms with Crippen LogP contribution in [0.2, 0.25) is 0 Å². The maximum Gasteiger partial charge on any atom is 0.123 e. The van der Waals surface area contributed by atoms with E-state index in [1.807, 2.05) is 23.9 Å². The average molecular weight is 343 g/mol. The maximum atomic E-state index is 13.0. The highest BCUT2D eigenvalue weighted by Crippen LogP contribution is 2.31. The second-order valence-corrected chi connectivity index (χ2v) is 7.45. The average Bonchev–Trinajstić information content (AvgIpc) is 2.58. The van der Waals surface area contributed by atoms with Gasteiger partial charge in [-0.1, -0.05) is 29.5 Å². The molecule has 0 unspecified atom stereocenters. The monoisotopic (exact) mass is 343 g/mol. The van der Waals surface area contributed by atoms with Crippen molar-refractivity contribution in [2.75, 3.05) is 5.75 Å². The molecule has 1 nitrogen and oxygen atoms in total. The fraction of sp³-hybridized carbons (Fsp3) is 0.211. The van der Waals surface area contributed by atoms with Crippen molar-refractivity contribution in [3.8, 4) is 0 Å². The van der Waals surface area contributed by atoms with Gasteiger partial charge in [-0.05, 0) is 72.9 Å². The largest absolute Gasteiger partial charge is 0.242 e. The molecule has 0 aromatic heterocycles. The first kappa shape index (κ1) is 16.3. The minimum absolute atomic E-state index is 0.197. The van der Waals surface area contributed by atoms with Crippen molar-refractivity contribution in [1.29, 1.82) is 0 Å². The number of aliphatic imine (C=N–C) groups is 1. The summed E-state index contributed by atoms with van der Waals surface area (Å²) in [5, 5.41) is 3.27. The van der Waals surface area contributed by atoms with Crippen LogP contribution in [0.4, 0.5) is 10.1 Å². The number of aryl methyl sites for hydroxylation is 1. The second-order valence-electron chi connectivity index (χ2n) is 5.42. The molecule has 0 saturated carbocycles. The molecule has 118 valence electrons. The first-order chi connectivity index (χ1) is 11.2. The fourth-order valence-electron chi connectivity index (χ4n) is 2.23. The van der Waals surface area contributed by atoms with Gasteiger partial charge in [-0.25, -0.2) is 9.38 Å². The topological polar surface area (TPSA) is 12.4 Å². The van der Waals surface area contributed by atoms with E-state index in [-0.39, 0.29) is 5.82 Å². The summed E-state index contributed by atoms with van der Waals surface area (Å²) in [7, 11) is 0. The Morgan fingerprint density at radius 1 is 1.09 bits per heavy atom. The van der Waals surface area contributed by atoms with Gasteiger partial charge in [0.1, 0.15) is 10.9 Å². The molecule has 1 heterocycles. The molecule has 0 N–H and O–H groups in total. The summed E-state index contributed by atoms with van der Waals surface area (Å²) in [4.78, 5) is 5.85. The van der Waals surface area contributed by atoms with Gasteiger partial charge >= 0.3 is 0 Å². The lowest BCUT2D eigenvalue weighted by Gasteiger charge is -2.16. The minimum atomic E-state index is -0.197. The lowest BCUT2D eigenvalue weighted by atomic mass is 10.2. The van der Waals surface area contributed by atoms with Gasteiger partial charge in [-0.15, -0.1) is 11.8 Å².